The minimum absolute atomic E-state index is 0. The smallest absolute Gasteiger partial charge is 0.0817 e. The van der Waals surface area contributed by atoms with Crippen LogP contribution in [0.4, 0.5) is 0 Å². The molecule has 1 aliphatic heterocycles. The second-order valence-corrected chi connectivity index (χ2v) is 8.14. The minimum atomic E-state index is 0. The molecule has 0 saturated heterocycles. The Morgan fingerprint density at radius 1 is 1.04 bits per heavy atom. The molecule has 0 bridgehead atoms. The van der Waals surface area contributed by atoms with Crippen molar-refractivity contribution in [2.45, 2.75) is 23.1 Å². The van der Waals surface area contributed by atoms with Gasteiger partial charge in [0, 0.05) is 21.2 Å². The molecule has 0 amide bonds. The van der Waals surface area contributed by atoms with Crippen LogP contribution in [0.3, 0.4) is 0 Å². The van der Waals surface area contributed by atoms with Gasteiger partial charge < -0.3 is 21.5 Å². The molecule has 4 heteroatoms. The second kappa shape index (κ2) is 8.09. The molecule has 1 aliphatic rings. The first-order valence-electron chi connectivity index (χ1n) is 8.09. The highest BCUT2D eigenvalue weighted by Gasteiger charge is 2.21. The molecule has 0 spiro atoms. The average Bonchev–Trinajstić information content (AvgIpc) is 2.54. The Morgan fingerprint density at radius 3 is 2.50 bits per heavy atom. The van der Waals surface area contributed by atoms with Gasteiger partial charge in [-0.05, 0) is 47.9 Å². The van der Waals surface area contributed by atoms with Gasteiger partial charge in [0.05, 0.1) is 27.2 Å². The first-order valence-corrected chi connectivity index (χ1v) is 9.29. The maximum atomic E-state index is 6.26. The van der Waals surface area contributed by atoms with Crippen molar-refractivity contribution >= 4 is 28.9 Å². The van der Waals surface area contributed by atoms with Gasteiger partial charge in [0.15, 0.2) is 0 Å². The Balaban J connectivity index is 0.00000208. The fourth-order valence-electron chi connectivity index (χ4n) is 2.78. The SMILES string of the molecule is CC[N+](C)(C)CCC=C1c2ccccc2Sc2ccc(Cl)cc21.[Br-]. The topological polar surface area (TPSA) is 0 Å². The first kappa shape index (κ1) is 19.6. The summed E-state index contributed by atoms with van der Waals surface area (Å²) in [5.74, 6) is 0. The third-order valence-corrected chi connectivity index (χ3v) is 5.95. The van der Waals surface area contributed by atoms with Crippen LogP contribution in [0.15, 0.2) is 58.3 Å². The molecule has 0 radical (unpaired) electrons. The van der Waals surface area contributed by atoms with Gasteiger partial charge in [0.1, 0.15) is 0 Å². The van der Waals surface area contributed by atoms with Crippen LogP contribution in [0, 0.1) is 0 Å². The van der Waals surface area contributed by atoms with Gasteiger partial charge in [0.2, 0.25) is 0 Å². The van der Waals surface area contributed by atoms with E-state index in [-0.39, 0.29) is 17.0 Å². The van der Waals surface area contributed by atoms with Crippen molar-refractivity contribution in [3.8, 4) is 0 Å². The molecule has 0 N–H and O–H groups in total. The van der Waals surface area contributed by atoms with Crippen molar-refractivity contribution in [3.63, 3.8) is 0 Å². The lowest BCUT2D eigenvalue weighted by Crippen LogP contribution is -3.00. The maximum Gasteiger partial charge on any atom is 0.0817 e. The van der Waals surface area contributed by atoms with E-state index in [1.54, 1.807) is 0 Å². The van der Waals surface area contributed by atoms with Crippen molar-refractivity contribution in [2.75, 3.05) is 27.2 Å². The van der Waals surface area contributed by atoms with E-state index in [1.807, 2.05) is 17.8 Å². The summed E-state index contributed by atoms with van der Waals surface area (Å²) < 4.78 is 1.04. The molecule has 3 rings (SSSR count). The fourth-order valence-corrected chi connectivity index (χ4v) is 4.04. The van der Waals surface area contributed by atoms with Crippen molar-refractivity contribution in [3.05, 3.63) is 64.7 Å². The summed E-state index contributed by atoms with van der Waals surface area (Å²) in [5.41, 5.74) is 3.92. The fraction of sp³-hybridized carbons (Fsp3) is 0.300. The van der Waals surface area contributed by atoms with Crippen LogP contribution in [0.1, 0.15) is 24.5 Å². The number of hydrogen-bond donors (Lipinski definition) is 0. The molecule has 2 aromatic rings. The van der Waals surface area contributed by atoms with E-state index in [0.717, 1.165) is 29.0 Å². The molecule has 2 aromatic carbocycles. The van der Waals surface area contributed by atoms with Crippen LogP contribution in [-0.2, 0) is 0 Å². The summed E-state index contributed by atoms with van der Waals surface area (Å²) in [6.45, 7) is 4.54. The number of rotatable bonds is 4. The lowest BCUT2D eigenvalue weighted by atomic mass is 9.96. The Hall–Kier alpha value is -0.740. The Morgan fingerprint density at radius 2 is 1.75 bits per heavy atom. The molecule has 0 atom stereocenters. The normalized spacial score (nSPS) is 14.8. The molecule has 1 nitrogen and oxygen atoms in total. The summed E-state index contributed by atoms with van der Waals surface area (Å²) in [6, 6.07) is 14.9. The summed E-state index contributed by atoms with van der Waals surface area (Å²) >= 11 is 8.09. The Kier molecular flexibility index (Phi) is 6.60. The molecule has 0 aliphatic carbocycles. The number of nitrogens with zero attached hydrogens (tertiary/aromatic N) is 1. The Labute approximate surface area is 165 Å². The second-order valence-electron chi connectivity index (χ2n) is 6.62. The van der Waals surface area contributed by atoms with Gasteiger partial charge in [-0.15, -0.1) is 0 Å². The molecular formula is C20H23BrClNS. The van der Waals surface area contributed by atoms with E-state index < -0.39 is 0 Å². The zero-order valence-electron chi connectivity index (χ0n) is 14.4. The first-order chi connectivity index (χ1) is 11.0. The number of fused-ring (bicyclic) bond motifs is 2. The van der Waals surface area contributed by atoms with Crippen molar-refractivity contribution in [2.24, 2.45) is 0 Å². The maximum absolute atomic E-state index is 6.26. The molecule has 0 fully saturated rings. The third kappa shape index (κ3) is 4.26. The molecule has 24 heavy (non-hydrogen) atoms. The highest BCUT2D eigenvalue weighted by Crippen LogP contribution is 2.46. The largest absolute Gasteiger partial charge is 1.00 e. The van der Waals surface area contributed by atoms with E-state index in [0.29, 0.717) is 0 Å². The third-order valence-electron chi connectivity index (χ3n) is 4.57. The molecule has 0 saturated carbocycles. The molecule has 1 heterocycles. The van der Waals surface area contributed by atoms with E-state index in [2.05, 4.69) is 63.5 Å². The van der Waals surface area contributed by atoms with E-state index in [4.69, 9.17) is 11.6 Å². The summed E-state index contributed by atoms with van der Waals surface area (Å²) in [5, 5.41) is 0.805. The van der Waals surface area contributed by atoms with E-state index >= 15 is 0 Å². The molecule has 128 valence electrons. The minimum Gasteiger partial charge on any atom is -1.00 e. The van der Waals surface area contributed by atoms with Crippen LogP contribution < -0.4 is 17.0 Å². The lowest BCUT2D eigenvalue weighted by molar-refractivity contribution is -0.888. The summed E-state index contributed by atoms with van der Waals surface area (Å²) in [6.07, 6.45) is 3.46. The van der Waals surface area contributed by atoms with Crippen LogP contribution in [0.5, 0.6) is 0 Å². The number of quaternary nitrogens is 1. The van der Waals surface area contributed by atoms with Gasteiger partial charge >= 0.3 is 0 Å². The molecular weight excluding hydrogens is 402 g/mol. The zero-order valence-corrected chi connectivity index (χ0v) is 17.5. The van der Waals surface area contributed by atoms with Gasteiger partial charge in [-0.3, -0.25) is 0 Å². The van der Waals surface area contributed by atoms with Gasteiger partial charge in [-0.2, -0.15) is 0 Å². The molecule has 0 unspecified atom stereocenters. The average molecular weight is 425 g/mol. The predicted octanol–water partition coefficient (Wildman–Crippen LogP) is 2.73. The van der Waals surface area contributed by atoms with Crippen LogP contribution in [-0.4, -0.2) is 31.7 Å². The number of benzene rings is 2. The van der Waals surface area contributed by atoms with Crippen molar-refractivity contribution in [1.29, 1.82) is 0 Å². The standard InChI is InChI=1S/C20H23ClNS.BrH/c1-4-22(2,3)13-7-9-16-17-8-5-6-10-19(17)23-20-12-11-15(21)14-18(16)20;/h5-6,8-12,14H,4,7,13H2,1-3H3;1H/q+1;/p-1. The monoisotopic (exact) mass is 423 g/mol. The van der Waals surface area contributed by atoms with Gasteiger partial charge in [-0.25, -0.2) is 0 Å². The van der Waals surface area contributed by atoms with E-state index in [1.165, 1.54) is 26.5 Å². The van der Waals surface area contributed by atoms with Gasteiger partial charge in [-0.1, -0.05) is 47.6 Å². The number of hydrogen-bond acceptors (Lipinski definition) is 1. The quantitative estimate of drug-likeness (QED) is 0.580. The number of halogens is 2. The molecule has 0 aromatic heterocycles. The van der Waals surface area contributed by atoms with Gasteiger partial charge in [0.25, 0.3) is 0 Å². The van der Waals surface area contributed by atoms with Crippen LogP contribution in [0.25, 0.3) is 5.57 Å². The lowest BCUT2D eigenvalue weighted by Gasteiger charge is -2.28. The highest BCUT2D eigenvalue weighted by molar-refractivity contribution is 7.99. The predicted molar refractivity (Wildman–Crippen MR) is 101 cm³/mol. The van der Waals surface area contributed by atoms with Crippen molar-refractivity contribution < 1.29 is 21.5 Å². The summed E-state index contributed by atoms with van der Waals surface area (Å²) in [7, 11) is 4.57. The van der Waals surface area contributed by atoms with Crippen molar-refractivity contribution in [1.82, 2.24) is 0 Å². The Bertz CT molecular complexity index is 755. The zero-order chi connectivity index (χ0) is 16.4. The summed E-state index contributed by atoms with van der Waals surface area (Å²) in [4.78, 5) is 2.63. The van der Waals surface area contributed by atoms with Crippen LogP contribution >= 0.6 is 23.4 Å². The highest BCUT2D eigenvalue weighted by atomic mass is 79.9. The van der Waals surface area contributed by atoms with Crippen LogP contribution in [0.2, 0.25) is 5.02 Å². The van der Waals surface area contributed by atoms with E-state index in [9.17, 15) is 0 Å².